The largest absolute Gasteiger partial charge is 0.507 e. The van der Waals surface area contributed by atoms with E-state index in [0.717, 1.165) is 10.9 Å². The summed E-state index contributed by atoms with van der Waals surface area (Å²) in [5, 5.41) is 10.8. The smallest absolute Gasteiger partial charge is 0.338 e. The second-order valence-corrected chi connectivity index (χ2v) is 10.4. The highest BCUT2D eigenvalue weighted by molar-refractivity contribution is 9.10. The standard InChI is InChI=1S/C26H24BrClN2O5S/c1-4-6-18-22(25(33)35-5-2)23(17-13-16(28)8-10-20(17)34-3)30-24(32)21(36-26(30)29-18)12-14-11-15(27)7-9-19(14)31/h7-13,23,31H,4-6H2,1-3H3/b21-12+/t23-/m0/s1. The summed E-state index contributed by atoms with van der Waals surface area (Å²) in [6, 6.07) is 9.20. The zero-order valence-corrected chi connectivity index (χ0v) is 23.0. The molecule has 1 aliphatic rings. The lowest BCUT2D eigenvalue weighted by atomic mass is 9.93. The maximum atomic E-state index is 13.8. The number of esters is 1. The first kappa shape index (κ1) is 26.2. The second kappa shape index (κ2) is 11.0. The fraction of sp³-hybridized carbons (Fsp3) is 0.269. The molecule has 10 heteroatoms. The third-order valence-electron chi connectivity index (χ3n) is 5.65. The van der Waals surface area contributed by atoms with Crippen LogP contribution < -0.4 is 19.6 Å². The van der Waals surface area contributed by atoms with Crippen molar-refractivity contribution < 1.29 is 19.4 Å². The molecule has 1 aromatic heterocycles. The summed E-state index contributed by atoms with van der Waals surface area (Å²) in [4.78, 5) is 32.3. The highest BCUT2D eigenvalue weighted by Crippen LogP contribution is 2.38. The molecule has 3 aromatic rings. The maximum Gasteiger partial charge on any atom is 0.338 e. The predicted octanol–water partition coefficient (Wildman–Crippen LogP) is 4.71. The third-order valence-corrected chi connectivity index (χ3v) is 7.37. The Morgan fingerprint density at radius 1 is 1.28 bits per heavy atom. The lowest BCUT2D eigenvalue weighted by molar-refractivity contribution is -0.139. The summed E-state index contributed by atoms with van der Waals surface area (Å²) >= 11 is 10.9. The SMILES string of the molecule is CCCC1=C(C(=O)OCC)[C@H](c2cc(Cl)ccc2OC)n2c(s/c(=C/c3cc(Br)ccc3O)c2=O)=N1. The second-order valence-electron chi connectivity index (χ2n) is 8.00. The van der Waals surface area contributed by atoms with Crippen molar-refractivity contribution in [3.05, 3.63) is 88.0 Å². The summed E-state index contributed by atoms with van der Waals surface area (Å²) in [5.74, 6) is -0.0326. The maximum absolute atomic E-state index is 13.8. The van der Waals surface area contributed by atoms with Crippen molar-refractivity contribution in [2.24, 2.45) is 4.99 Å². The molecule has 2 heterocycles. The fourth-order valence-electron chi connectivity index (χ4n) is 4.12. The van der Waals surface area contributed by atoms with Crippen LogP contribution in [0.1, 0.15) is 43.9 Å². The van der Waals surface area contributed by atoms with Gasteiger partial charge in [0.1, 0.15) is 17.5 Å². The summed E-state index contributed by atoms with van der Waals surface area (Å²) < 4.78 is 13.6. The molecule has 0 fully saturated rings. The van der Waals surface area contributed by atoms with Crippen molar-refractivity contribution in [3.63, 3.8) is 0 Å². The van der Waals surface area contributed by atoms with Gasteiger partial charge < -0.3 is 14.6 Å². The van der Waals surface area contributed by atoms with Gasteiger partial charge in [-0.2, -0.15) is 0 Å². The molecule has 0 bridgehead atoms. The minimum absolute atomic E-state index is 0.0379. The van der Waals surface area contributed by atoms with Gasteiger partial charge >= 0.3 is 5.97 Å². The van der Waals surface area contributed by atoms with Gasteiger partial charge in [-0.3, -0.25) is 9.36 Å². The zero-order chi connectivity index (χ0) is 26.0. The van der Waals surface area contributed by atoms with Gasteiger partial charge in [-0.05, 0) is 55.8 Å². The van der Waals surface area contributed by atoms with E-state index in [-0.39, 0.29) is 23.5 Å². The van der Waals surface area contributed by atoms with Crippen LogP contribution in [0.15, 0.2) is 61.9 Å². The fourth-order valence-corrected chi connectivity index (χ4v) is 5.69. The highest BCUT2D eigenvalue weighted by Gasteiger charge is 2.36. The van der Waals surface area contributed by atoms with Crippen LogP contribution in [0.4, 0.5) is 0 Å². The van der Waals surface area contributed by atoms with Crippen LogP contribution in [-0.2, 0) is 9.53 Å². The Labute approximate surface area is 225 Å². The molecule has 0 unspecified atom stereocenters. The number of halogens is 2. The van der Waals surface area contributed by atoms with Crippen LogP contribution >= 0.6 is 38.9 Å². The van der Waals surface area contributed by atoms with Crippen molar-refractivity contribution in [2.45, 2.75) is 32.7 Å². The lowest BCUT2D eigenvalue weighted by Crippen LogP contribution is -2.40. The van der Waals surface area contributed by atoms with Gasteiger partial charge in [0.05, 0.1) is 29.5 Å². The van der Waals surface area contributed by atoms with E-state index in [1.807, 2.05) is 6.92 Å². The van der Waals surface area contributed by atoms with Crippen LogP contribution in [0.2, 0.25) is 5.02 Å². The number of fused-ring (bicyclic) bond motifs is 1. The third kappa shape index (κ3) is 5.00. The Morgan fingerprint density at radius 3 is 2.75 bits per heavy atom. The first-order valence-corrected chi connectivity index (χ1v) is 13.3. The summed E-state index contributed by atoms with van der Waals surface area (Å²) in [7, 11) is 1.52. The van der Waals surface area contributed by atoms with E-state index >= 15 is 0 Å². The Bertz CT molecular complexity index is 1540. The summed E-state index contributed by atoms with van der Waals surface area (Å²) in [6.07, 6.45) is 2.87. The first-order chi connectivity index (χ1) is 17.3. The molecule has 2 aromatic carbocycles. The van der Waals surface area contributed by atoms with Crippen LogP contribution in [0, 0.1) is 0 Å². The molecule has 0 saturated carbocycles. The molecule has 0 saturated heterocycles. The lowest BCUT2D eigenvalue weighted by Gasteiger charge is -2.27. The van der Waals surface area contributed by atoms with E-state index < -0.39 is 12.0 Å². The number of ether oxygens (including phenoxy) is 2. The number of methoxy groups -OCH3 is 1. The Morgan fingerprint density at radius 2 is 2.06 bits per heavy atom. The minimum Gasteiger partial charge on any atom is -0.507 e. The summed E-state index contributed by atoms with van der Waals surface area (Å²) in [5.41, 5.74) is 1.51. The normalized spacial score (nSPS) is 15.5. The molecule has 36 heavy (non-hydrogen) atoms. The number of nitrogens with zero attached hydrogens (tertiary/aromatic N) is 2. The van der Waals surface area contributed by atoms with Gasteiger partial charge in [-0.1, -0.05) is 52.2 Å². The number of carbonyl (C=O) groups excluding carboxylic acids is 1. The number of aromatic hydroxyl groups is 1. The molecule has 0 radical (unpaired) electrons. The molecular weight excluding hydrogens is 568 g/mol. The number of aromatic nitrogens is 1. The molecule has 0 amide bonds. The van der Waals surface area contributed by atoms with Crippen LogP contribution in [0.5, 0.6) is 11.5 Å². The number of allylic oxidation sites excluding steroid dienone is 1. The van der Waals surface area contributed by atoms with Crippen molar-refractivity contribution >= 4 is 50.9 Å². The molecular formula is C26H24BrClN2O5S. The summed E-state index contributed by atoms with van der Waals surface area (Å²) in [6.45, 7) is 3.89. The number of benzene rings is 2. The molecule has 0 spiro atoms. The van der Waals surface area contributed by atoms with Crippen molar-refractivity contribution in [1.82, 2.24) is 4.57 Å². The predicted molar refractivity (Wildman–Crippen MR) is 143 cm³/mol. The number of thiazole rings is 1. The van der Waals surface area contributed by atoms with Crippen LogP contribution in [0.25, 0.3) is 6.08 Å². The Hall–Kier alpha value is -2.88. The van der Waals surface area contributed by atoms with Crippen molar-refractivity contribution in [2.75, 3.05) is 13.7 Å². The van der Waals surface area contributed by atoms with Gasteiger partial charge in [-0.25, -0.2) is 9.79 Å². The molecule has 4 rings (SSSR count). The van der Waals surface area contributed by atoms with Crippen LogP contribution in [-0.4, -0.2) is 29.4 Å². The van der Waals surface area contributed by atoms with E-state index in [9.17, 15) is 14.7 Å². The van der Waals surface area contributed by atoms with Gasteiger partial charge in [-0.15, -0.1) is 0 Å². The van der Waals surface area contributed by atoms with Crippen LogP contribution in [0.3, 0.4) is 0 Å². The number of phenols is 1. The number of carbonyl (C=O) groups is 1. The zero-order valence-electron chi connectivity index (χ0n) is 19.9. The monoisotopic (exact) mass is 590 g/mol. The first-order valence-electron chi connectivity index (χ1n) is 11.3. The number of hydrogen-bond acceptors (Lipinski definition) is 7. The molecule has 0 aliphatic carbocycles. The number of phenolic OH excluding ortho intramolecular Hbond substituents is 1. The molecule has 188 valence electrons. The highest BCUT2D eigenvalue weighted by atomic mass is 79.9. The van der Waals surface area contributed by atoms with Gasteiger partial charge in [0.15, 0.2) is 4.80 Å². The van der Waals surface area contributed by atoms with E-state index in [4.69, 9.17) is 26.1 Å². The van der Waals surface area contributed by atoms with Crippen molar-refractivity contribution in [1.29, 1.82) is 0 Å². The van der Waals surface area contributed by atoms with E-state index in [1.54, 1.807) is 49.4 Å². The molecule has 1 N–H and O–H groups in total. The van der Waals surface area contributed by atoms with Gasteiger partial charge in [0, 0.05) is 20.6 Å². The topological polar surface area (TPSA) is 90.1 Å². The minimum atomic E-state index is -0.853. The Kier molecular flexibility index (Phi) is 8.02. The average molecular weight is 592 g/mol. The number of rotatable bonds is 7. The Balaban J connectivity index is 2.07. The van der Waals surface area contributed by atoms with E-state index in [0.29, 0.717) is 43.4 Å². The average Bonchev–Trinajstić information content (AvgIpc) is 3.15. The molecule has 1 atom stereocenters. The van der Waals surface area contributed by atoms with E-state index in [2.05, 4.69) is 15.9 Å². The quantitative estimate of drug-likeness (QED) is 0.402. The van der Waals surface area contributed by atoms with Gasteiger partial charge in [0.25, 0.3) is 5.56 Å². The van der Waals surface area contributed by atoms with E-state index in [1.165, 1.54) is 23.0 Å². The van der Waals surface area contributed by atoms with Gasteiger partial charge in [0.2, 0.25) is 0 Å². The van der Waals surface area contributed by atoms with Crippen molar-refractivity contribution in [3.8, 4) is 11.5 Å². The number of hydrogen-bond donors (Lipinski definition) is 1. The molecule has 1 aliphatic heterocycles. The molecule has 7 nitrogen and oxygen atoms in total.